The Morgan fingerprint density at radius 2 is 1.90 bits per heavy atom. The van der Waals surface area contributed by atoms with Crippen LogP contribution in [0.25, 0.3) is 0 Å². The van der Waals surface area contributed by atoms with Crippen molar-refractivity contribution >= 4 is 11.8 Å². The fourth-order valence-electron chi connectivity index (χ4n) is 6.20. The zero-order valence-corrected chi connectivity index (χ0v) is 24.1. The maximum absolute atomic E-state index is 13.7. The van der Waals surface area contributed by atoms with Gasteiger partial charge in [0.15, 0.2) is 5.76 Å². The van der Waals surface area contributed by atoms with E-state index in [1.807, 2.05) is 24.3 Å². The van der Waals surface area contributed by atoms with Crippen molar-refractivity contribution in [1.82, 2.24) is 15.2 Å². The Morgan fingerprint density at radius 1 is 1.02 bits per heavy atom. The van der Waals surface area contributed by atoms with Crippen molar-refractivity contribution < 1.29 is 18.7 Å². The van der Waals surface area contributed by atoms with Gasteiger partial charge in [-0.1, -0.05) is 54.8 Å². The number of pyridine rings is 1. The summed E-state index contributed by atoms with van der Waals surface area (Å²) in [7, 11) is 0. The number of furan rings is 1. The maximum Gasteiger partial charge on any atom is 0.287 e. The lowest BCUT2D eigenvalue weighted by Crippen LogP contribution is -2.43. The third-order valence-corrected chi connectivity index (χ3v) is 8.35. The quantitative estimate of drug-likeness (QED) is 0.262. The molecule has 1 saturated carbocycles. The molecule has 3 heterocycles. The first kappa shape index (κ1) is 27.8. The minimum absolute atomic E-state index is 0.124. The van der Waals surface area contributed by atoms with Crippen LogP contribution in [0.15, 0.2) is 83.4 Å². The van der Waals surface area contributed by atoms with E-state index in [0.717, 1.165) is 55.5 Å². The van der Waals surface area contributed by atoms with Gasteiger partial charge in [0, 0.05) is 37.3 Å². The average Bonchev–Trinajstić information content (AvgIpc) is 3.73. The van der Waals surface area contributed by atoms with E-state index < -0.39 is 0 Å². The Morgan fingerprint density at radius 3 is 2.71 bits per heavy atom. The van der Waals surface area contributed by atoms with Crippen molar-refractivity contribution in [3.8, 4) is 5.75 Å². The first-order valence-corrected chi connectivity index (χ1v) is 14.9. The minimum atomic E-state index is -0.265. The predicted molar refractivity (Wildman–Crippen MR) is 160 cm³/mol. The van der Waals surface area contributed by atoms with Gasteiger partial charge in [0.1, 0.15) is 18.1 Å². The molecule has 4 aromatic rings. The first-order chi connectivity index (χ1) is 20.5. The van der Waals surface area contributed by atoms with Crippen molar-refractivity contribution in [1.29, 1.82) is 0 Å². The Kier molecular flexibility index (Phi) is 8.35. The summed E-state index contributed by atoms with van der Waals surface area (Å²) in [6.07, 6.45) is 7.46. The van der Waals surface area contributed by atoms with Gasteiger partial charge >= 0.3 is 0 Å². The van der Waals surface area contributed by atoms with Gasteiger partial charge in [0.25, 0.3) is 5.91 Å². The molecule has 2 aromatic heterocycles. The van der Waals surface area contributed by atoms with Crippen LogP contribution in [0, 0.1) is 12.8 Å². The van der Waals surface area contributed by atoms with Crippen LogP contribution in [0.2, 0.25) is 0 Å². The monoisotopic (exact) mass is 563 g/mol. The number of fused-ring (bicyclic) bond motifs is 1. The average molecular weight is 564 g/mol. The van der Waals surface area contributed by atoms with Crippen LogP contribution in [-0.2, 0) is 24.2 Å². The fraction of sp³-hybridized carbons (Fsp3) is 0.343. The molecule has 0 saturated heterocycles. The molecule has 1 atom stereocenters. The zero-order valence-electron chi connectivity index (χ0n) is 24.1. The summed E-state index contributed by atoms with van der Waals surface area (Å²) >= 11 is 0. The highest BCUT2D eigenvalue weighted by Crippen LogP contribution is 2.40. The summed E-state index contributed by atoms with van der Waals surface area (Å²) in [6, 6.07) is 23.7. The molecule has 6 rings (SSSR count). The number of carbonyl (C=O) groups is 2. The molecule has 2 aromatic carbocycles. The molecule has 1 fully saturated rings. The summed E-state index contributed by atoms with van der Waals surface area (Å²) in [5, 5.41) is 2.88. The largest absolute Gasteiger partial charge is 0.486 e. The lowest BCUT2D eigenvalue weighted by Gasteiger charge is -2.39. The predicted octanol–water partition coefficient (Wildman–Crippen LogP) is 6.20. The van der Waals surface area contributed by atoms with Gasteiger partial charge in [0.2, 0.25) is 5.91 Å². The molecular weight excluding hydrogens is 526 g/mol. The van der Waals surface area contributed by atoms with E-state index >= 15 is 0 Å². The van der Waals surface area contributed by atoms with Crippen molar-refractivity contribution in [2.75, 3.05) is 13.1 Å². The van der Waals surface area contributed by atoms with E-state index in [1.165, 1.54) is 11.1 Å². The third kappa shape index (κ3) is 6.25. The standard InChI is InChI=1S/C35H37N3O4/c1-24-7-6-10-27(21-24)33-31-22-29(13-12-25(31)17-20-38(33)35(40)26-8-2-3-9-26)41-23-30-14-15-32(42-30)34(39)37-19-16-28-11-4-5-18-36-28/h4-7,10-15,18,21-22,26,33H,2-3,8-9,16-17,19-20,23H2,1H3,(H,37,39)/t33-/m0/s1. The smallest absolute Gasteiger partial charge is 0.287 e. The lowest BCUT2D eigenvalue weighted by atomic mass is 9.86. The Labute approximate surface area is 246 Å². The Balaban J connectivity index is 1.15. The van der Waals surface area contributed by atoms with Crippen molar-refractivity contribution in [3.63, 3.8) is 0 Å². The number of ether oxygens (including phenoxy) is 1. The number of hydrogen-bond acceptors (Lipinski definition) is 5. The van der Waals surface area contributed by atoms with Gasteiger partial charge in [-0.2, -0.15) is 0 Å². The number of benzene rings is 2. The van der Waals surface area contributed by atoms with Crippen molar-refractivity contribution in [3.05, 3.63) is 118 Å². The summed E-state index contributed by atoms with van der Waals surface area (Å²) in [6.45, 7) is 3.48. The first-order valence-electron chi connectivity index (χ1n) is 14.9. The van der Waals surface area contributed by atoms with E-state index in [9.17, 15) is 9.59 Å². The number of carbonyl (C=O) groups excluding carboxylic acids is 2. The van der Waals surface area contributed by atoms with Gasteiger partial charge in [-0.3, -0.25) is 14.6 Å². The molecule has 216 valence electrons. The number of hydrogen-bond donors (Lipinski definition) is 1. The van der Waals surface area contributed by atoms with Crippen LogP contribution in [0.5, 0.6) is 5.75 Å². The summed E-state index contributed by atoms with van der Waals surface area (Å²) in [5.41, 5.74) is 5.58. The Bertz CT molecular complexity index is 1540. The highest BCUT2D eigenvalue weighted by atomic mass is 16.5. The summed E-state index contributed by atoms with van der Waals surface area (Å²) < 4.78 is 11.9. The normalized spacial score (nSPS) is 16.7. The number of amides is 2. The SMILES string of the molecule is Cc1cccc([C@H]2c3cc(OCc4ccc(C(=O)NCCc5ccccn5)o4)ccc3CCN2C(=O)C2CCCC2)c1. The van der Waals surface area contributed by atoms with Crippen LogP contribution >= 0.6 is 0 Å². The molecule has 1 N–H and O–H groups in total. The molecule has 2 amide bonds. The van der Waals surface area contributed by atoms with Gasteiger partial charge in [0.05, 0.1) is 6.04 Å². The Hall–Kier alpha value is -4.39. The second-order valence-corrected chi connectivity index (χ2v) is 11.3. The zero-order chi connectivity index (χ0) is 28.9. The molecule has 1 aliphatic heterocycles. The maximum atomic E-state index is 13.7. The van der Waals surface area contributed by atoms with E-state index in [4.69, 9.17) is 9.15 Å². The van der Waals surface area contributed by atoms with Crippen molar-refractivity contribution in [2.24, 2.45) is 5.92 Å². The second kappa shape index (κ2) is 12.6. The van der Waals surface area contributed by atoms with Crippen molar-refractivity contribution in [2.45, 2.75) is 58.1 Å². The lowest BCUT2D eigenvalue weighted by molar-refractivity contribution is -0.137. The topological polar surface area (TPSA) is 84.7 Å². The molecular formula is C35H37N3O4. The molecule has 2 aliphatic rings. The molecule has 1 aliphatic carbocycles. The van der Waals surface area contributed by atoms with Crippen LogP contribution < -0.4 is 10.1 Å². The number of nitrogens with one attached hydrogen (secondary N) is 1. The number of rotatable bonds is 9. The van der Waals surface area contributed by atoms with E-state index in [2.05, 4.69) is 58.5 Å². The van der Waals surface area contributed by atoms with Crippen LogP contribution in [0.4, 0.5) is 0 Å². The molecule has 42 heavy (non-hydrogen) atoms. The van der Waals surface area contributed by atoms with Crippen LogP contribution in [0.3, 0.4) is 0 Å². The molecule has 7 heteroatoms. The fourth-order valence-corrected chi connectivity index (χ4v) is 6.20. The molecule has 7 nitrogen and oxygen atoms in total. The highest BCUT2D eigenvalue weighted by molar-refractivity contribution is 5.91. The van der Waals surface area contributed by atoms with Gasteiger partial charge in [-0.25, -0.2) is 0 Å². The van der Waals surface area contributed by atoms with E-state index in [0.29, 0.717) is 24.5 Å². The second-order valence-electron chi connectivity index (χ2n) is 11.3. The van der Waals surface area contributed by atoms with Gasteiger partial charge in [-0.05, 0) is 79.3 Å². The van der Waals surface area contributed by atoms with Gasteiger partial charge < -0.3 is 19.4 Å². The summed E-state index contributed by atoms with van der Waals surface area (Å²) in [5.74, 6) is 1.66. The number of aromatic nitrogens is 1. The number of nitrogens with zero attached hydrogens (tertiary/aromatic N) is 2. The van der Waals surface area contributed by atoms with Crippen LogP contribution in [0.1, 0.15) is 76.0 Å². The molecule has 0 spiro atoms. The summed E-state index contributed by atoms with van der Waals surface area (Å²) in [4.78, 5) is 32.7. The van der Waals surface area contributed by atoms with E-state index in [1.54, 1.807) is 18.3 Å². The third-order valence-electron chi connectivity index (χ3n) is 8.35. The van der Waals surface area contributed by atoms with E-state index in [-0.39, 0.29) is 36.1 Å². The number of aryl methyl sites for hydroxylation is 1. The molecule has 0 unspecified atom stereocenters. The highest BCUT2D eigenvalue weighted by Gasteiger charge is 2.36. The van der Waals surface area contributed by atoms with Gasteiger partial charge in [-0.15, -0.1) is 0 Å². The minimum Gasteiger partial charge on any atom is -0.486 e. The van der Waals surface area contributed by atoms with Crippen LogP contribution in [-0.4, -0.2) is 34.8 Å². The molecule has 0 bridgehead atoms. The molecule has 0 radical (unpaired) electrons.